The number of thiophene rings is 1. The van der Waals surface area contributed by atoms with Crippen LogP contribution in [0.15, 0.2) is 6.07 Å². The Kier molecular flexibility index (Phi) is 4.58. The highest BCUT2D eigenvalue weighted by Gasteiger charge is 2.04. The SMILES string of the molecule is COCC(C)NCc1cc(C)sc1C. The molecule has 0 aliphatic carbocycles. The molecule has 1 unspecified atom stereocenters. The molecule has 3 heteroatoms. The first-order valence-corrected chi connectivity index (χ1v) is 5.73. The van der Waals surface area contributed by atoms with E-state index in [4.69, 9.17) is 4.74 Å². The van der Waals surface area contributed by atoms with Gasteiger partial charge in [0.15, 0.2) is 0 Å². The Labute approximate surface area is 90.3 Å². The van der Waals surface area contributed by atoms with Crippen LogP contribution in [0.5, 0.6) is 0 Å². The summed E-state index contributed by atoms with van der Waals surface area (Å²) in [7, 11) is 1.73. The summed E-state index contributed by atoms with van der Waals surface area (Å²) in [6.45, 7) is 8.18. The minimum absolute atomic E-state index is 0.416. The lowest BCUT2D eigenvalue weighted by Crippen LogP contribution is -2.29. The fraction of sp³-hybridized carbons (Fsp3) is 0.636. The third-order valence-electron chi connectivity index (χ3n) is 2.20. The number of hydrogen-bond donors (Lipinski definition) is 1. The molecule has 1 N–H and O–H groups in total. The Morgan fingerprint density at radius 1 is 1.50 bits per heavy atom. The summed E-state index contributed by atoms with van der Waals surface area (Å²) in [6.07, 6.45) is 0. The van der Waals surface area contributed by atoms with Crippen LogP contribution in [-0.2, 0) is 11.3 Å². The van der Waals surface area contributed by atoms with Crippen molar-refractivity contribution in [1.29, 1.82) is 0 Å². The van der Waals surface area contributed by atoms with E-state index >= 15 is 0 Å². The van der Waals surface area contributed by atoms with Crippen LogP contribution >= 0.6 is 11.3 Å². The fourth-order valence-corrected chi connectivity index (χ4v) is 2.40. The van der Waals surface area contributed by atoms with Crippen LogP contribution < -0.4 is 5.32 Å². The molecule has 0 radical (unpaired) electrons. The summed E-state index contributed by atoms with van der Waals surface area (Å²) in [6, 6.07) is 2.67. The lowest BCUT2D eigenvalue weighted by Gasteiger charge is -2.12. The summed E-state index contributed by atoms with van der Waals surface area (Å²) >= 11 is 1.86. The van der Waals surface area contributed by atoms with Crippen LogP contribution in [0.1, 0.15) is 22.2 Å². The van der Waals surface area contributed by atoms with Gasteiger partial charge in [0, 0.05) is 29.5 Å². The average molecular weight is 213 g/mol. The second kappa shape index (κ2) is 5.49. The third kappa shape index (κ3) is 3.40. The van der Waals surface area contributed by atoms with Gasteiger partial charge >= 0.3 is 0 Å². The molecule has 0 saturated heterocycles. The Hall–Kier alpha value is -0.380. The molecule has 0 aliphatic heterocycles. The molecule has 0 spiro atoms. The largest absolute Gasteiger partial charge is 0.383 e. The predicted molar refractivity (Wildman–Crippen MR) is 62.0 cm³/mol. The highest BCUT2D eigenvalue weighted by molar-refractivity contribution is 7.12. The quantitative estimate of drug-likeness (QED) is 0.811. The fourth-order valence-electron chi connectivity index (χ4n) is 1.45. The minimum atomic E-state index is 0.416. The molecule has 1 heterocycles. The maximum atomic E-state index is 5.07. The van der Waals surface area contributed by atoms with E-state index < -0.39 is 0 Å². The van der Waals surface area contributed by atoms with E-state index in [2.05, 4.69) is 32.2 Å². The van der Waals surface area contributed by atoms with Crippen LogP contribution in [0.2, 0.25) is 0 Å². The van der Waals surface area contributed by atoms with Crippen molar-refractivity contribution in [2.24, 2.45) is 0 Å². The van der Waals surface area contributed by atoms with E-state index in [1.54, 1.807) is 7.11 Å². The topological polar surface area (TPSA) is 21.3 Å². The summed E-state index contributed by atoms with van der Waals surface area (Å²) < 4.78 is 5.07. The second-order valence-electron chi connectivity index (χ2n) is 3.68. The van der Waals surface area contributed by atoms with Crippen LogP contribution in [0.3, 0.4) is 0 Å². The van der Waals surface area contributed by atoms with Crippen LogP contribution in [0.25, 0.3) is 0 Å². The standard InChI is InChI=1S/C11H19NOS/c1-8(7-13-4)12-6-11-5-9(2)14-10(11)3/h5,8,12H,6-7H2,1-4H3. The zero-order valence-electron chi connectivity index (χ0n) is 9.39. The smallest absolute Gasteiger partial charge is 0.0613 e. The third-order valence-corrected chi connectivity index (χ3v) is 3.21. The molecule has 0 aliphatic rings. The van der Waals surface area contributed by atoms with Crippen molar-refractivity contribution in [2.45, 2.75) is 33.4 Å². The van der Waals surface area contributed by atoms with Gasteiger partial charge < -0.3 is 10.1 Å². The van der Waals surface area contributed by atoms with E-state index in [1.165, 1.54) is 15.3 Å². The first-order valence-electron chi connectivity index (χ1n) is 4.91. The number of aryl methyl sites for hydroxylation is 2. The van der Waals surface area contributed by atoms with Gasteiger partial charge in [-0.05, 0) is 32.4 Å². The second-order valence-corrected chi connectivity index (χ2v) is 5.14. The zero-order chi connectivity index (χ0) is 10.6. The normalized spacial score (nSPS) is 13.1. The maximum Gasteiger partial charge on any atom is 0.0613 e. The Bertz CT molecular complexity index is 283. The molecule has 1 rings (SSSR count). The van der Waals surface area contributed by atoms with E-state index in [0.29, 0.717) is 6.04 Å². The van der Waals surface area contributed by atoms with Gasteiger partial charge in [-0.3, -0.25) is 0 Å². The predicted octanol–water partition coefficient (Wildman–Crippen LogP) is 2.49. The van der Waals surface area contributed by atoms with E-state index in [1.807, 2.05) is 11.3 Å². The summed E-state index contributed by atoms with van der Waals surface area (Å²) in [4.78, 5) is 2.80. The number of hydrogen-bond acceptors (Lipinski definition) is 3. The van der Waals surface area contributed by atoms with Gasteiger partial charge in [0.2, 0.25) is 0 Å². The van der Waals surface area contributed by atoms with Crippen LogP contribution in [0, 0.1) is 13.8 Å². The molecule has 1 atom stereocenters. The maximum absolute atomic E-state index is 5.07. The van der Waals surface area contributed by atoms with Gasteiger partial charge in [0.05, 0.1) is 6.61 Å². The Morgan fingerprint density at radius 3 is 2.71 bits per heavy atom. The van der Waals surface area contributed by atoms with Gasteiger partial charge in [0.1, 0.15) is 0 Å². The van der Waals surface area contributed by atoms with Crippen LogP contribution in [0.4, 0.5) is 0 Å². The molecule has 0 fully saturated rings. The van der Waals surface area contributed by atoms with Gasteiger partial charge in [0.25, 0.3) is 0 Å². The highest BCUT2D eigenvalue weighted by atomic mass is 32.1. The molecular weight excluding hydrogens is 194 g/mol. The van der Waals surface area contributed by atoms with Crippen molar-refractivity contribution in [3.05, 3.63) is 21.4 Å². The lowest BCUT2D eigenvalue weighted by molar-refractivity contribution is 0.171. The first kappa shape index (κ1) is 11.7. The molecule has 1 aromatic heterocycles. The lowest BCUT2D eigenvalue weighted by atomic mass is 10.2. The number of methoxy groups -OCH3 is 1. The van der Waals surface area contributed by atoms with Gasteiger partial charge in [-0.25, -0.2) is 0 Å². The number of rotatable bonds is 5. The van der Waals surface area contributed by atoms with Crippen molar-refractivity contribution >= 4 is 11.3 Å². The van der Waals surface area contributed by atoms with E-state index in [-0.39, 0.29) is 0 Å². The average Bonchev–Trinajstić information content (AvgIpc) is 2.42. The molecular formula is C11H19NOS. The molecule has 0 aromatic carbocycles. The summed E-state index contributed by atoms with van der Waals surface area (Å²) in [5.74, 6) is 0. The Balaban J connectivity index is 2.41. The summed E-state index contributed by atoms with van der Waals surface area (Å²) in [5, 5.41) is 3.44. The van der Waals surface area contributed by atoms with Crippen molar-refractivity contribution < 1.29 is 4.74 Å². The monoisotopic (exact) mass is 213 g/mol. The molecule has 1 aromatic rings. The van der Waals surface area contributed by atoms with Crippen molar-refractivity contribution in [3.63, 3.8) is 0 Å². The van der Waals surface area contributed by atoms with Gasteiger partial charge in [-0.2, -0.15) is 0 Å². The zero-order valence-corrected chi connectivity index (χ0v) is 10.2. The molecule has 2 nitrogen and oxygen atoms in total. The van der Waals surface area contributed by atoms with Crippen molar-refractivity contribution in [1.82, 2.24) is 5.32 Å². The number of nitrogens with one attached hydrogen (secondary N) is 1. The molecule has 0 saturated carbocycles. The van der Waals surface area contributed by atoms with Gasteiger partial charge in [-0.1, -0.05) is 0 Å². The Morgan fingerprint density at radius 2 is 2.21 bits per heavy atom. The molecule has 14 heavy (non-hydrogen) atoms. The van der Waals surface area contributed by atoms with Crippen molar-refractivity contribution in [3.8, 4) is 0 Å². The highest BCUT2D eigenvalue weighted by Crippen LogP contribution is 2.20. The summed E-state index contributed by atoms with van der Waals surface area (Å²) in [5.41, 5.74) is 1.41. The van der Waals surface area contributed by atoms with E-state index in [0.717, 1.165) is 13.2 Å². The first-order chi connectivity index (χ1) is 6.63. The van der Waals surface area contributed by atoms with Crippen LogP contribution in [-0.4, -0.2) is 19.8 Å². The minimum Gasteiger partial charge on any atom is -0.383 e. The van der Waals surface area contributed by atoms with Gasteiger partial charge in [-0.15, -0.1) is 11.3 Å². The number of ether oxygens (including phenoxy) is 1. The van der Waals surface area contributed by atoms with Crippen molar-refractivity contribution in [2.75, 3.05) is 13.7 Å². The molecule has 0 bridgehead atoms. The molecule has 80 valence electrons. The molecule has 0 amide bonds. The van der Waals surface area contributed by atoms with E-state index in [9.17, 15) is 0 Å².